The second-order valence-electron chi connectivity index (χ2n) is 3.57. The molecule has 2 aromatic rings. The number of ether oxygens (including phenoxy) is 1. The van der Waals surface area contributed by atoms with Crippen LogP contribution in [-0.2, 0) is 11.8 Å². The molecule has 88 valence electrons. The number of esters is 1. The Morgan fingerprint density at radius 1 is 1.41 bits per heavy atom. The normalized spacial score (nSPS) is 10.3. The first-order chi connectivity index (χ1) is 8.11. The fourth-order valence-corrected chi connectivity index (χ4v) is 1.49. The summed E-state index contributed by atoms with van der Waals surface area (Å²) >= 11 is 0. The molecule has 6 heteroatoms. The third-order valence-corrected chi connectivity index (χ3v) is 2.29. The molecule has 17 heavy (non-hydrogen) atoms. The van der Waals surface area contributed by atoms with Gasteiger partial charge in [0.2, 0.25) is 0 Å². The van der Waals surface area contributed by atoms with Gasteiger partial charge in [0.1, 0.15) is 11.4 Å². The second kappa shape index (κ2) is 4.32. The maximum absolute atomic E-state index is 11.6. The highest BCUT2D eigenvalue weighted by Crippen LogP contribution is 2.20. The number of carbonyl (C=O) groups excluding carboxylic acids is 1. The topological polar surface area (TPSA) is 69.9 Å². The third kappa shape index (κ3) is 2.15. The van der Waals surface area contributed by atoms with E-state index in [1.165, 1.54) is 13.3 Å². The molecule has 2 aromatic heterocycles. The van der Waals surface area contributed by atoms with Crippen molar-refractivity contribution in [2.24, 2.45) is 7.05 Å². The molecule has 2 rings (SSSR count). The number of hydrogen-bond acceptors (Lipinski definition) is 5. The Labute approximate surface area is 98.3 Å². The summed E-state index contributed by atoms with van der Waals surface area (Å²) in [5.74, 6) is 0.139. The van der Waals surface area contributed by atoms with Crippen LogP contribution in [-0.4, -0.2) is 32.8 Å². The molecule has 0 N–H and O–H groups in total. The van der Waals surface area contributed by atoms with Crippen molar-refractivity contribution in [1.82, 2.24) is 19.7 Å². The Hall–Kier alpha value is -2.24. The zero-order valence-corrected chi connectivity index (χ0v) is 9.84. The molecule has 0 radical (unpaired) electrons. The number of nitrogens with zero attached hydrogens (tertiary/aromatic N) is 4. The van der Waals surface area contributed by atoms with E-state index in [1.807, 2.05) is 0 Å². The second-order valence-corrected chi connectivity index (χ2v) is 3.57. The van der Waals surface area contributed by atoms with E-state index in [9.17, 15) is 4.79 Å². The van der Waals surface area contributed by atoms with Crippen LogP contribution in [0.3, 0.4) is 0 Å². The van der Waals surface area contributed by atoms with E-state index >= 15 is 0 Å². The summed E-state index contributed by atoms with van der Waals surface area (Å²) in [5, 5.41) is 4.05. The van der Waals surface area contributed by atoms with Gasteiger partial charge >= 0.3 is 5.97 Å². The lowest BCUT2D eigenvalue weighted by molar-refractivity contribution is 0.0600. The monoisotopic (exact) mass is 232 g/mol. The average molecular weight is 232 g/mol. The van der Waals surface area contributed by atoms with Gasteiger partial charge in [-0.2, -0.15) is 5.10 Å². The van der Waals surface area contributed by atoms with Crippen LogP contribution in [0.15, 0.2) is 18.6 Å². The molecule has 0 saturated carbocycles. The summed E-state index contributed by atoms with van der Waals surface area (Å²) in [7, 11) is 3.13. The van der Waals surface area contributed by atoms with Gasteiger partial charge in [-0.05, 0) is 6.92 Å². The van der Waals surface area contributed by atoms with Gasteiger partial charge in [0.25, 0.3) is 0 Å². The molecule has 0 bridgehead atoms. The van der Waals surface area contributed by atoms with Gasteiger partial charge in [-0.3, -0.25) is 4.68 Å². The van der Waals surface area contributed by atoms with Crippen LogP contribution in [0.25, 0.3) is 11.3 Å². The molecular weight excluding hydrogens is 220 g/mol. The van der Waals surface area contributed by atoms with Crippen LogP contribution in [0.5, 0.6) is 0 Å². The minimum Gasteiger partial charge on any atom is -0.465 e. The molecule has 0 aromatic carbocycles. The lowest BCUT2D eigenvalue weighted by Gasteiger charge is -2.05. The van der Waals surface area contributed by atoms with Crippen LogP contribution in [0.1, 0.15) is 16.2 Å². The zero-order valence-electron chi connectivity index (χ0n) is 9.84. The maximum Gasteiger partial charge on any atom is 0.341 e. The summed E-state index contributed by atoms with van der Waals surface area (Å²) in [6, 6.07) is 0. The van der Waals surface area contributed by atoms with Crippen LogP contribution in [0.2, 0.25) is 0 Å². The highest BCUT2D eigenvalue weighted by molar-refractivity contribution is 5.95. The average Bonchev–Trinajstić information content (AvgIpc) is 2.75. The lowest BCUT2D eigenvalue weighted by Crippen LogP contribution is -2.07. The van der Waals surface area contributed by atoms with Crippen molar-refractivity contribution in [1.29, 1.82) is 0 Å². The summed E-state index contributed by atoms with van der Waals surface area (Å²) in [4.78, 5) is 19.9. The first-order valence-corrected chi connectivity index (χ1v) is 5.03. The van der Waals surface area contributed by atoms with Crippen LogP contribution >= 0.6 is 0 Å². The van der Waals surface area contributed by atoms with E-state index in [0.29, 0.717) is 17.1 Å². The van der Waals surface area contributed by atoms with E-state index in [-0.39, 0.29) is 0 Å². The molecule has 0 aliphatic heterocycles. The first-order valence-electron chi connectivity index (χ1n) is 5.03. The number of methoxy groups -OCH3 is 1. The SMILES string of the molecule is COC(=O)c1cnc(C)nc1-c1cnn(C)c1. The molecule has 0 atom stereocenters. The number of aryl methyl sites for hydroxylation is 2. The summed E-state index contributed by atoms with van der Waals surface area (Å²) in [5.41, 5.74) is 1.64. The van der Waals surface area contributed by atoms with Crippen molar-refractivity contribution >= 4 is 5.97 Å². The van der Waals surface area contributed by atoms with Gasteiger partial charge in [0.05, 0.1) is 19.0 Å². The number of carbonyl (C=O) groups is 1. The van der Waals surface area contributed by atoms with Crippen molar-refractivity contribution in [3.05, 3.63) is 30.0 Å². The molecule has 0 unspecified atom stereocenters. The summed E-state index contributed by atoms with van der Waals surface area (Å²) in [6.07, 6.45) is 4.90. The Morgan fingerprint density at radius 2 is 2.18 bits per heavy atom. The molecule has 0 fully saturated rings. The predicted octanol–water partition coefficient (Wildman–Crippen LogP) is 0.972. The lowest BCUT2D eigenvalue weighted by atomic mass is 10.1. The molecule has 6 nitrogen and oxygen atoms in total. The molecule has 0 spiro atoms. The van der Waals surface area contributed by atoms with Crippen molar-refractivity contribution in [2.75, 3.05) is 7.11 Å². The largest absolute Gasteiger partial charge is 0.465 e. The van der Waals surface area contributed by atoms with Gasteiger partial charge in [-0.15, -0.1) is 0 Å². The number of aromatic nitrogens is 4. The minimum atomic E-state index is -0.455. The fraction of sp³-hybridized carbons (Fsp3) is 0.273. The van der Waals surface area contributed by atoms with Crippen molar-refractivity contribution in [3.8, 4) is 11.3 Å². The van der Waals surface area contributed by atoms with E-state index in [0.717, 1.165) is 5.56 Å². The van der Waals surface area contributed by atoms with E-state index in [4.69, 9.17) is 4.74 Å². The van der Waals surface area contributed by atoms with E-state index < -0.39 is 5.97 Å². The minimum absolute atomic E-state index is 0.339. The Morgan fingerprint density at radius 3 is 2.76 bits per heavy atom. The van der Waals surface area contributed by atoms with E-state index in [2.05, 4.69) is 15.1 Å². The first kappa shape index (κ1) is 11.3. The third-order valence-electron chi connectivity index (χ3n) is 2.29. The molecule has 0 aliphatic carbocycles. The Bertz CT molecular complexity index is 562. The van der Waals surface area contributed by atoms with Crippen LogP contribution in [0, 0.1) is 6.92 Å². The smallest absolute Gasteiger partial charge is 0.341 e. The molecule has 0 saturated heterocycles. The number of hydrogen-bond donors (Lipinski definition) is 0. The predicted molar refractivity (Wildman–Crippen MR) is 60.3 cm³/mol. The van der Waals surface area contributed by atoms with Gasteiger partial charge < -0.3 is 4.74 Å². The van der Waals surface area contributed by atoms with Crippen molar-refractivity contribution < 1.29 is 9.53 Å². The van der Waals surface area contributed by atoms with Crippen molar-refractivity contribution in [2.45, 2.75) is 6.92 Å². The van der Waals surface area contributed by atoms with Crippen molar-refractivity contribution in [3.63, 3.8) is 0 Å². The van der Waals surface area contributed by atoms with Gasteiger partial charge in [-0.1, -0.05) is 0 Å². The highest BCUT2D eigenvalue weighted by Gasteiger charge is 2.16. The molecule has 0 amide bonds. The molecule has 0 aliphatic rings. The Balaban J connectivity index is 2.58. The maximum atomic E-state index is 11.6. The standard InChI is InChI=1S/C11H12N4O2/c1-7-12-5-9(11(16)17-3)10(14-7)8-4-13-15(2)6-8/h4-6H,1-3H3. The van der Waals surface area contributed by atoms with Gasteiger partial charge in [0, 0.05) is 25.0 Å². The van der Waals surface area contributed by atoms with E-state index in [1.54, 1.807) is 31.0 Å². The van der Waals surface area contributed by atoms with Gasteiger partial charge in [0.15, 0.2) is 0 Å². The van der Waals surface area contributed by atoms with Crippen LogP contribution in [0.4, 0.5) is 0 Å². The van der Waals surface area contributed by atoms with Gasteiger partial charge in [-0.25, -0.2) is 14.8 Å². The molecule has 2 heterocycles. The van der Waals surface area contributed by atoms with Crippen LogP contribution < -0.4 is 0 Å². The Kier molecular flexibility index (Phi) is 2.86. The fourth-order valence-electron chi connectivity index (χ4n) is 1.49. The summed E-state index contributed by atoms with van der Waals surface area (Å²) < 4.78 is 6.35. The zero-order chi connectivity index (χ0) is 12.4. The highest BCUT2D eigenvalue weighted by atomic mass is 16.5. The summed E-state index contributed by atoms with van der Waals surface area (Å²) in [6.45, 7) is 1.76. The quantitative estimate of drug-likeness (QED) is 0.721. The molecular formula is C11H12N4O2. The number of rotatable bonds is 2.